The average Bonchev–Trinajstić information content (AvgIpc) is 3.00. The molecule has 206 valence electrons. The predicted molar refractivity (Wildman–Crippen MR) is 154 cm³/mol. The van der Waals surface area contributed by atoms with E-state index in [4.69, 9.17) is 9.84 Å². The van der Waals surface area contributed by atoms with Crippen LogP contribution in [0.25, 0.3) is 12.2 Å². The smallest absolute Gasteiger partial charge is 0.339 e. The molecule has 0 aliphatic heterocycles. The Morgan fingerprint density at radius 2 is 1.34 bits per heavy atom. The molecule has 8 nitrogen and oxygen atoms in total. The lowest BCUT2D eigenvalue weighted by Gasteiger charge is -2.18. The maximum absolute atomic E-state index is 13.1. The Balaban J connectivity index is 1.48. The van der Waals surface area contributed by atoms with E-state index in [0.717, 1.165) is 5.56 Å². The Labute approximate surface area is 235 Å². The van der Waals surface area contributed by atoms with Gasteiger partial charge in [0.15, 0.2) is 0 Å². The fourth-order valence-electron chi connectivity index (χ4n) is 3.92. The first-order valence-corrected chi connectivity index (χ1v) is 12.3. The van der Waals surface area contributed by atoms with Crippen LogP contribution >= 0.6 is 0 Å². The minimum absolute atomic E-state index is 0.0750. The predicted octanol–water partition coefficient (Wildman–Crippen LogP) is 6.01. The van der Waals surface area contributed by atoms with Gasteiger partial charge in [0.2, 0.25) is 0 Å². The number of hydrogen-bond donors (Lipinski definition) is 2. The summed E-state index contributed by atoms with van der Waals surface area (Å²) in [6.07, 6.45) is 3.52. The lowest BCUT2D eigenvalue weighted by atomic mass is 10.1. The van der Waals surface area contributed by atoms with Crippen molar-refractivity contribution in [2.24, 2.45) is 0 Å². The average molecular weight is 553 g/mol. The van der Waals surface area contributed by atoms with Gasteiger partial charge in [-0.2, -0.15) is 0 Å². The van der Waals surface area contributed by atoms with E-state index in [2.05, 4.69) is 5.32 Å². The Morgan fingerprint density at radius 3 is 1.95 bits per heavy atom. The van der Waals surface area contributed by atoms with Crippen LogP contribution in [0.4, 0.5) is 15.8 Å². The van der Waals surface area contributed by atoms with E-state index in [0.29, 0.717) is 16.8 Å². The molecule has 0 aliphatic carbocycles. The van der Waals surface area contributed by atoms with E-state index in [9.17, 15) is 23.6 Å². The third-order valence-corrected chi connectivity index (χ3v) is 6.24. The molecule has 4 aromatic carbocycles. The van der Waals surface area contributed by atoms with Crippen molar-refractivity contribution in [1.82, 2.24) is 0 Å². The number of aromatic carboxylic acids is 1. The largest absolute Gasteiger partial charge is 0.478 e. The lowest BCUT2D eigenvalue weighted by Crippen LogP contribution is -2.26. The highest BCUT2D eigenvalue weighted by atomic mass is 19.1. The normalized spacial score (nSPS) is 10.7. The Morgan fingerprint density at radius 1 is 0.780 bits per heavy atom. The van der Waals surface area contributed by atoms with E-state index in [-0.39, 0.29) is 34.1 Å². The molecule has 0 fully saturated rings. The SMILES string of the molecule is COC(=O)c1cc(/C=C/c2ccc(F)cc2)ccc1NC(=O)c1ccc(N(C)C(=O)c2ccc(C(=O)O)cc2)cc1. The van der Waals surface area contributed by atoms with Crippen LogP contribution in [0.15, 0.2) is 91.0 Å². The molecule has 0 radical (unpaired) electrons. The first-order chi connectivity index (χ1) is 19.7. The van der Waals surface area contributed by atoms with Gasteiger partial charge in [-0.25, -0.2) is 14.0 Å². The van der Waals surface area contributed by atoms with E-state index in [1.54, 1.807) is 73.8 Å². The molecule has 0 atom stereocenters. The molecule has 41 heavy (non-hydrogen) atoms. The zero-order valence-electron chi connectivity index (χ0n) is 22.1. The highest BCUT2D eigenvalue weighted by molar-refractivity contribution is 6.09. The maximum atomic E-state index is 13.1. The molecule has 2 amide bonds. The summed E-state index contributed by atoms with van der Waals surface area (Å²) < 4.78 is 18.0. The number of nitrogens with one attached hydrogen (secondary N) is 1. The van der Waals surface area contributed by atoms with Crippen LogP contribution in [-0.4, -0.2) is 43.0 Å². The number of carbonyl (C=O) groups is 4. The summed E-state index contributed by atoms with van der Waals surface area (Å²) in [6, 6.07) is 22.7. The van der Waals surface area contributed by atoms with Crippen molar-refractivity contribution >= 4 is 47.3 Å². The number of hydrogen-bond acceptors (Lipinski definition) is 5. The molecular weight excluding hydrogens is 527 g/mol. The van der Waals surface area contributed by atoms with E-state index in [1.165, 1.54) is 48.4 Å². The number of carboxylic acids is 1. The second-order valence-corrected chi connectivity index (χ2v) is 8.93. The fourth-order valence-corrected chi connectivity index (χ4v) is 3.92. The molecule has 0 bridgehead atoms. The second-order valence-electron chi connectivity index (χ2n) is 8.93. The van der Waals surface area contributed by atoms with Crippen LogP contribution in [0.1, 0.15) is 52.6 Å². The Bertz CT molecular complexity index is 1630. The molecule has 4 aromatic rings. The maximum Gasteiger partial charge on any atom is 0.339 e. The molecule has 9 heteroatoms. The minimum atomic E-state index is -1.08. The van der Waals surface area contributed by atoms with Crippen LogP contribution in [0.2, 0.25) is 0 Å². The van der Waals surface area contributed by atoms with Crippen molar-refractivity contribution in [3.8, 4) is 0 Å². The van der Waals surface area contributed by atoms with Crippen LogP contribution in [0.5, 0.6) is 0 Å². The molecule has 0 unspecified atom stereocenters. The van der Waals surface area contributed by atoms with Gasteiger partial charge in [0, 0.05) is 23.9 Å². The van der Waals surface area contributed by atoms with Gasteiger partial charge in [-0.1, -0.05) is 30.4 Å². The number of benzene rings is 4. The number of nitrogens with zero attached hydrogens (tertiary/aromatic N) is 1. The van der Waals surface area contributed by atoms with Crippen molar-refractivity contribution in [1.29, 1.82) is 0 Å². The Hall–Kier alpha value is -5.57. The van der Waals surface area contributed by atoms with Gasteiger partial charge in [-0.3, -0.25) is 9.59 Å². The van der Waals surface area contributed by atoms with Crippen molar-refractivity contribution in [2.45, 2.75) is 0 Å². The van der Waals surface area contributed by atoms with Crippen LogP contribution in [-0.2, 0) is 4.74 Å². The van der Waals surface area contributed by atoms with Crippen molar-refractivity contribution in [3.05, 3.63) is 130 Å². The molecule has 0 aromatic heterocycles. The van der Waals surface area contributed by atoms with Gasteiger partial charge in [-0.15, -0.1) is 0 Å². The summed E-state index contributed by atoms with van der Waals surface area (Å²) >= 11 is 0. The van der Waals surface area contributed by atoms with Gasteiger partial charge in [0.1, 0.15) is 5.82 Å². The topological polar surface area (TPSA) is 113 Å². The van der Waals surface area contributed by atoms with Gasteiger partial charge >= 0.3 is 11.9 Å². The minimum Gasteiger partial charge on any atom is -0.478 e. The van der Waals surface area contributed by atoms with Crippen molar-refractivity contribution in [3.63, 3.8) is 0 Å². The zero-order valence-corrected chi connectivity index (χ0v) is 22.1. The summed E-state index contributed by atoms with van der Waals surface area (Å²) in [5, 5.41) is 11.8. The van der Waals surface area contributed by atoms with Gasteiger partial charge < -0.3 is 20.1 Å². The number of esters is 1. The zero-order chi connectivity index (χ0) is 29.5. The quantitative estimate of drug-likeness (QED) is 0.205. The number of ether oxygens (including phenoxy) is 1. The molecule has 0 aliphatic rings. The monoisotopic (exact) mass is 552 g/mol. The first kappa shape index (κ1) is 28.4. The molecule has 0 heterocycles. The number of carboxylic acid groups (broad SMARTS) is 1. The standard InChI is InChI=1S/C32H25FN2O6/c1-35(30(37)23-8-10-24(11-9-23)31(38)39)26-16-12-22(13-17-26)29(36)34-28-18-7-21(19-27(28)32(40)41-2)4-3-20-5-14-25(33)15-6-20/h3-19H,1-2H3,(H,34,36)(H,38,39)/b4-3+. The van der Waals surface area contributed by atoms with Crippen LogP contribution in [0.3, 0.4) is 0 Å². The van der Waals surface area contributed by atoms with Gasteiger partial charge in [-0.05, 0) is 83.9 Å². The van der Waals surface area contributed by atoms with E-state index in [1.807, 2.05) is 0 Å². The van der Waals surface area contributed by atoms with E-state index < -0.39 is 17.8 Å². The lowest BCUT2D eigenvalue weighted by molar-refractivity contribution is 0.0600. The molecular formula is C32H25FN2O6. The first-order valence-electron chi connectivity index (χ1n) is 12.3. The van der Waals surface area contributed by atoms with Crippen molar-refractivity contribution < 1.29 is 33.4 Å². The summed E-state index contributed by atoms with van der Waals surface area (Å²) in [5.41, 5.74) is 3.03. The van der Waals surface area contributed by atoms with Crippen LogP contribution in [0, 0.1) is 5.82 Å². The summed E-state index contributed by atoms with van der Waals surface area (Å²) in [7, 11) is 2.81. The third-order valence-electron chi connectivity index (χ3n) is 6.24. The summed E-state index contributed by atoms with van der Waals surface area (Å²) in [4.78, 5) is 50.7. The number of carbonyl (C=O) groups excluding carboxylic acids is 3. The Kier molecular flexibility index (Phi) is 8.69. The second kappa shape index (κ2) is 12.5. The van der Waals surface area contributed by atoms with Gasteiger partial charge in [0.25, 0.3) is 11.8 Å². The highest BCUT2D eigenvalue weighted by Gasteiger charge is 2.18. The summed E-state index contributed by atoms with van der Waals surface area (Å²) in [5.74, 6) is -2.89. The number of halogens is 1. The van der Waals surface area contributed by atoms with Crippen molar-refractivity contribution in [2.75, 3.05) is 24.4 Å². The molecule has 0 spiro atoms. The fraction of sp³-hybridized carbons (Fsp3) is 0.0625. The number of anilines is 2. The number of amides is 2. The highest BCUT2D eigenvalue weighted by Crippen LogP contribution is 2.23. The van der Waals surface area contributed by atoms with Gasteiger partial charge in [0.05, 0.1) is 23.9 Å². The molecule has 2 N–H and O–H groups in total. The third kappa shape index (κ3) is 6.90. The molecule has 0 saturated heterocycles. The van der Waals surface area contributed by atoms with Crippen LogP contribution < -0.4 is 10.2 Å². The molecule has 0 saturated carbocycles. The summed E-state index contributed by atoms with van der Waals surface area (Å²) in [6.45, 7) is 0. The number of methoxy groups -OCH3 is 1. The number of rotatable bonds is 8. The molecule has 4 rings (SSSR count). The van der Waals surface area contributed by atoms with E-state index >= 15 is 0 Å².